The molecule has 0 aliphatic carbocycles. The van der Waals surface area contributed by atoms with Crippen molar-refractivity contribution < 1.29 is 59.4 Å². The molecule has 0 aromatic carbocycles. The number of hydrogen-bond acceptors (Lipinski definition) is 12. The van der Waals surface area contributed by atoms with Gasteiger partial charge >= 0.3 is 0 Å². The van der Waals surface area contributed by atoms with Crippen LogP contribution in [0.25, 0.3) is 0 Å². The lowest BCUT2D eigenvalue weighted by molar-refractivity contribution is -0.367. The second-order valence-electron chi connectivity index (χ2n) is 6.28. The second-order valence-corrected chi connectivity index (χ2v) is 6.28. The number of hydrogen-bond donors (Lipinski definition) is 7. The van der Waals surface area contributed by atoms with Gasteiger partial charge in [-0.15, -0.1) is 0 Å². The summed E-state index contributed by atoms with van der Waals surface area (Å²) in [6.07, 6.45) is -14.2. The first-order chi connectivity index (χ1) is 12.8. The van der Waals surface area contributed by atoms with E-state index in [1.54, 1.807) is 6.92 Å². The average molecular weight is 400 g/mol. The second kappa shape index (κ2) is 10.3. The Hall–Kier alpha value is -0.480. The lowest BCUT2D eigenvalue weighted by atomic mass is 9.97. The Bertz CT molecular complexity index is 437. The van der Waals surface area contributed by atoms with Crippen LogP contribution in [0, 0.1) is 0 Å². The first kappa shape index (κ1) is 22.8. The van der Waals surface area contributed by atoms with Gasteiger partial charge in [-0.3, -0.25) is 0 Å². The van der Waals surface area contributed by atoms with Crippen molar-refractivity contribution in [3.05, 3.63) is 0 Å². The fraction of sp³-hybridized carbons (Fsp3) is 1.00. The number of ether oxygens (including phenoxy) is 5. The third kappa shape index (κ3) is 5.12. The van der Waals surface area contributed by atoms with E-state index in [1.807, 2.05) is 0 Å². The molecule has 160 valence electrons. The normalized spacial score (nSPS) is 45.8. The van der Waals surface area contributed by atoms with Crippen molar-refractivity contribution >= 4 is 0 Å². The van der Waals surface area contributed by atoms with Crippen LogP contribution in [-0.2, 0) is 23.7 Å². The molecule has 12 nitrogen and oxygen atoms in total. The van der Waals surface area contributed by atoms with E-state index in [2.05, 4.69) is 0 Å². The van der Waals surface area contributed by atoms with Crippen LogP contribution in [0.2, 0.25) is 0 Å². The van der Waals surface area contributed by atoms with Crippen LogP contribution in [0.3, 0.4) is 0 Å². The highest BCUT2D eigenvalue weighted by Gasteiger charge is 2.50. The van der Waals surface area contributed by atoms with Crippen molar-refractivity contribution in [2.24, 2.45) is 0 Å². The van der Waals surface area contributed by atoms with Gasteiger partial charge in [-0.05, 0) is 6.92 Å². The minimum Gasteiger partial charge on any atom is -0.394 e. The Morgan fingerprint density at radius 3 is 2.00 bits per heavy atom. The summed E-state index contributed by atoms with van der Waals surface area (Å²) in [6.45, 7) is 0.352. The van der Waals surface area contributed by atoms with Gasteiger partial charge in [-0.2, -0.15) is 0 Å². The maximum atomic E-state index is 10.4. The van der Waals surface area contributed by atoms with Gasteiger partial charge < -0.3 is 59.4 Å². The Morgan fingerprint density at radius 2 is 1.41 bits per heavy atom. The summed E-state index contributed by atoms with van der Waals surface area (Å²) in [4.78, 5) is 0. The van der Waals surface area contributed by atoms with E-state index >= 15 is 0 Å². The van der Waals surface area contributed by atoms with Gasteiger partial charge in [-0.1, -0.05) is 0 Å². The van der Waals surface area contributed by atoms with Crippen LogP contribution in [0.1, 0.15) is 6.92 Å². The van der Waals surface area contributed by atoms with E-state index in [4.69, 9.17) is 28.8 Å². The Kier molecular flexibility index (Phi) is 8.73. The van der Waals surface area contributed by atoms with Crippen LogP contribution in [0.15, 0.2) is 0 Å². The largest absolute Gasteiger partial charge is 0.394 e. The van der Waals surface area contributed by atoms with Gasteiger partial charge in [0.2, 0.25) is 0 Å². The van der Waals surface area contributed by atoms with E-state index in [1.165, 1.54) is 0 Å². The molecule has 0 aromatic rings. The molecular formula is C15H28O12. The van der Waals surface area contributed by atoms with Gasteiger partial charge in [-0.25, -0.2) is 0 Å². The summed E-state index contributed by atoms with van der Waals surface area (Å²) in [6, 6.07) is 0. The van der Waals surface area contributed by atoms with Crippen molar-refractivity contribution in [3.8, 4) is 0 Å². The molecule has 2 rings (SSSR count). The van der Waals surface area contributed by atoms with Gasteiger partial charge in [0.1, 0.15) is 55.6 Å². The van der Waals surface area contributed by atoms with Crippen molar-refractivity contribution in [2.45, 2.75) is 68.3 Å². The predicted octanol–water partition coefficient (Wildman–Crippen LogP) is -4.38. The third-order valence-corrected chi connectivity index (χ3v) is 4.49. The maximum absolute atomic E-state index is 10.4. The molecule has 0 bridgehead atoms. The summed E-state index contributed by atoms with van der Waals surface area (Å²) in [7, 11) is 0. The van der Waals surface area contributed by atoms with Crippen molar-refractivity contribution in [1.82, 2.24) is 0 Å². The van der Waals surface area contributed by atoms with Crippen LogP contribution in [-0.4, -0.2) is 124 Å². The zero-order chi connectivity index (χ0) is 20.1. The summed E-state index contributed by atoms with van der Waals surface area (Å²) in [5.74, 6) is 0. The van der Waals surface area contributed by atoms with E-state index < -0.39 is 74.8 Å². The molecule has 7 N–H and O–H groups in total. The molecule has 2 heterocycles. The summed E-state index contributed by atoms with van der Waals surface area (Å²) < 4.78 is 26.4. The monoisotopic (exact) mass is 400 g/mol. The summed E-state index contributed by atoms with van der Waals surface area (Å²) >= 11 is 0. The van der Waals surface area contributed by atoms with Gasteiger partial charge in [0, 0.05) is 6.61 Å². The van der Waals surface area contributed by atoms with Crippen LogP contribution >= 0.6 is 0 Å². The minimum atomic E-state index is -1.69. The van der Waals surface area contributed by atoms with Crippen LogP contribution in [0.4, 0.5) is 0 Å². The third-order valence-electron chi connectivity index (χ3n) is 4.49. The minimum absolute atomic E-state index is 0.162. The Labute approximate surface area is 155 Å². The molecule has 0 saturated carbocycles. The zero-order valence-corrected chi connectivity index (χ0v) is 14.8. The van der Waals surface area contributed by atoms with Gasteiger partial charge in [0.15, 0.2) is 12.6 Å². The molecule has 0 amide bonds. The smallest absolute Gasteiger partial charge is 0.187 e. The van der Waals surface area contributed by atoms with Crippen LogP contribution in [0.5, 0.6) is 0 Å². The van der Waals surface area contributed by atoms with Crippen molar-refractivity contribution in [2.75, 3.05) is 26.6 Å². The molecule has 0 radical (unpaired) electrons. The highest BCUT2D eigenvalue weighted by Crippen LogP contribution is 2.29. The van der Waals surface area contributed by atoms with E-state index in [0.29, 0.717) is 0 Å². The highest BCUT2D eigenvalue weighted by atomic mass is 16.8. The maximum Gasteiger partial charge on any atom is 0.187 e. The SMILES string of the molecule is CCOC1OC(COCO)[C@@H](O)C(O)[C@@H]1O[C@@H]1OC(CO)[C@@H](O)C(O)[C@@H]1O. The van der Waals surface area contributed by atoms with E-state index in [-0.39, 0.29) is 13.2 Å². The molecule has 27 heavy (non-hydrogen) atoms. The first-order valence-corrected chi connectivity index (χ1v) is 8.63. The molecule has 2 saturated heterocycles. The molecule has 0 aromatic heterocycles. The van der Waals surface area contributed by atoms with Gasteiger partial charge in [0.25, 0.3) is 0 Å². The Balaban J connectivity index is 2.12. The van der Waals surface area contributed by atoms with E-state index in [0.717, 1.165) is 0 Å². The molecule has 2 aliphatic heterocycles. The van der Waals surface area contributed by atoms with Gasteiger partial charge in [0.05, 0.1) is 13.2 Å². The van der Waals surface area contributed by atoms with Crippen LogP contribution < -0.4 is 0 Å². The molecule has 2 fully saturated rings. The molecule has 12 heteroatoms. The fourth-order valence-electron chi connectivity index (χ4n) is 2.99. The lowest BCUT2D eigenvalue weighted by Crippen LogP contribution is -2.64. The lowest BCUT2D eigenvalue weighted by Gasteiger charge is -2.46. The average Bonchev–Trinajstić information content (AvgIpc) is 2.66. The Morgan fingerprint density at radius 1 is 0.778 bits per heavy atom. The molecule has 2 aliphatic rings. The standard InChI is InChI=1S/C15H28O12/c1-2-24-15-13(11(21)9(19)7(26-15)4-23-5-17)27-14-12(22)10(20)8(18)6(3-16)25-14/h6-22H,2-5H2,1H3/t6?,7?,8-,9-,10?,11?,12+,13+,14+,15?/m1/s1. The van der Waals surface area contributed by atoms with E-state index in [9.17, 15) is 30.6 Å². The fourth-order valence-corrected chi connectivity index (χ4v) is 2.99. The predicted molar refractivity (Wildman–Crippen MR) is 84.0 cm³/mol. The molecule has 10 atom stereocenters. The van der Waals surface area contributed by atoms with Crippen molar-refractivity contribution in [3.63, 3.8) is 0 Å². The first-order valence-electron chi connectivity index (χ1n) is 8.63. The topological polar surface area (TPSA) is 188 Å². The summed E-state index contributed by atoms with van der Waals surface area (Å²) in [5, 5.41) is 68.3. The highest BCUT2D eigenvalue weighted by molar-refractivity contribution is 4.93. The number of aliphatic hydroxyl groups is 7. The number of aliphatic hydroxyl groups excluding tert-OH is 7. The molecular weight excluding hydrogens is 372 g/mol. The quantitative estimate of drug-likeness (QED) is 0.194. The molecule has 5 unspecified atom stereocenters. The number of rotatable bonds is 8. The zero-order valence-electron chi connectivity index (χ0n) is 14.8. The molecule has 0 spiro atoms. The van der Waals surface area contributed by atoms with Crippen molar-refractivity contribution in [1.29, 1.82) is 0 Å². The summed E-state index contributed by atoms with van der Waals surface area (Å²) in [5.41, 5.74) is 0.